The average molecular weight is 363 g/mol. The van der Waals surface area contributed by atoms with Gasteiger partial charge in [0, 0.05) is 0 Å². The standard InChI is InChI=1S/C24H42O2/c1-2-3-4-5-6-7-8-9-10-11-12-13-19-23(25)20-16-18-22-17-14-15-21-24(22)26/h14-15,17,21,23,25-26H,2-13,16,18-20H2,1H3. The second-order valence-corrected chi connectivity index (χ2v) is 7.85. The molecule has 150 valence electrons. The van der Waals surface area contributed by atoms with Crippen molar-refractivity contribution in [3.8, 4) is 5.75 Å². The Labute approximate surface area is 162 Å². The third kappa shape index (κ3) is 12.4. The highest BCUT2D eigenvalue weighted by Gasteiger charge is 2.05. The van der Waals surface area contributed by atoms with E-state index in [1.165, 1.54) is 70.6 Å². The van der Waals surface area contributed by atoms with Crippen LogP contribution in [0.25, 0.3) is 0 Å². The van der Waals surface area contributed by atoms with Gasteiger partial charge >= 0.3 is 0 Å². The predicted octanol–water partition coefficient (Wildman–Crippen LogP) is 7.17. The largest absolute Gasteiger partial charge is 0.508 e. The molecular weight excluding hydrogens is 320 g/mol. The molecule has 0 saturated carbocycles. The molecular formula is C24H42O2. The first kappa shape index (κ1) is 23.0. The Bertz CT molecular complexity index is 430. The van der Waals surface area contributed by atoms with E-state index in [2.05, 4.69) is 6.92 Å². The van der Waals surface area contributed by atoms with Crippen LogP contribution in [0.2, 0.25) is 0 Å². The SMILES string of the molecule is CCCCCCCCCCCCCCC(O)CCCc1ccccc1O. The fourth-order valence-corrected chi connectivity index (χ4v) is 3.62. The molecule has 0 aliphatic carbocycles. The third-order valence-corrected chi connectivity index (χ3v) is 5.37. The second-order valence-electron chi connectivity index (χ2n) is 7.85. The maximum atomic E-state index is 10.1. The van der Waals surface area contributed by atoms with E-state index in [9.17, 15) is 10.2 Å². The molecule has 1 unspecified atom stereocenters. The van der Waals surface area contributed by atoms with E-state index < -0.39 is 0 Å². The van der Waals surface area contributed by atoms with E-state index in [1.807, 2.05) is 18.2 Å². The van der Waals surface area contributed by atoms with Gasteiger partial charge in [-0.2, -0.15) is 0 Å². The molecule has 1 aromatic carbocycles. The van der Waals surface area contributed by atoms with Gasteiger partial charge in [0.1, 0.15) is 5.75 Å². The number of aromatic hydroxyl groups is 1. The Hall–Kier alpha value is -1.02. The zero-order valence-corrected chi connectivity index (χ0v) is 17.1. The number of unbranched alkanes of at least 4 members (excludes halogenated alkanes) is 11. The lowest BCUT2D eigenvalue weighted by Crippen LogP contribution is -2.06. The van der Waals surface area contributed by atoms with Crippen LogP contribution < -0.4 is 0 Å². The highest BCUT2D eigenvalue weighted by molar-refractivity contribution is 5.31. The van der Waals surface area contributed by atoms with Crippen LogP contribution >= 0.6 is 0 Å². The quantitative estimate of drug-likeness (QED) is 0.288. The second kappa shape index (κ2) is 16.2. The molecule has 0 aliphatic heterocycles. The zero-order valence-electron chi connectivity index (χ0n) is 17.1. The monoisotopic (exact) mass is 362 g/mol. The van der Waals surface area contributed by atoms with Gasteiger partial charge in [-0.1, -0.05) is 102 Å². The fraction of sp³-hybridized carbons (Fsp3) is 0.750. The highest BCUT2D eigenvalue weighted by atomic mass is 16.3. The van der Waals surface area contributed by atoms with Gasteiger partial charge in [0.2, 0.25) is 0 Å². The van der Waals surface area contributed by atoms with Gasteiger partial charge in [0.15, 0.2) is 0 Å². The van der Waals surface area contributed by atoms with Gasteiger partial charge in [-0.05, 0) is 37.3 Å². The van der Waals surface area contributed by atoms with Crippen LogP contribution in [-0.2, 0) is 6.42 Å². The fourth-order valence-electron chi connectivity index (χ4n) is 3.62. The minimum absolute atomic E-state index is 0.177. The normalized spacial score (nSPS) is 12.4. The van der Waals surface area contributed by atoms with Crippen molar-refractivity contribution < 1.29 is 10.2 Å². The summed E-state index contributed by atoms with van der Waals surface area (Å²) in [7, 11) is 0. The van der Waals surface area contributed by atoms with Crippen LogP contribution in [0.15, 0.2) is 24.3 Å². The molecule has 0 heterocycles. The molecule has 1 atom stereocenters. The third-order valence-electron chi connectivity index (χ3n) is 5.37. The maximum absolute atomic E-state index is 10.1. The zero-order chi connectivity index (χ0) is 18.9. The number of para-hydroxylation sites is 1. The predicted molar refractivity (Wildman–Crippen MR) is 113 cm³/mol. The first-order valence-electron chi connectivity index (χ1n) is 11.2. The minimum atomic E-state index is -0.177. The number of aliphatic hydroxyl groups is 1. The molecule has 0 bridgehead atoms. The molecule has 2 nitrogen and oxygen atoms in total. The summed E-state index contributed by atoms with van der Waals surface area (Å²) in [5, 5.41) is 19.8. The molecule has 0 aliphatic rings. The Morgan fingerprint density at radius 2 is 1.19 bits per heavy atom. The summed E-state index contributed by atoms with van der Waals surface area (Å²) in [5.74, 6) is 0.378. The Kier molecular flexibility index (Phi) is 14.3. The molecule has 0 fully saturated rings. The Morgan fingerprint density at radius 3 is 1.77 bits per heavy atom. The summed E-state index contributed by atoms with van der Waals surface area (Å²) in [6, 6.07) is 7.50. The van der Waals surface area contributed by atoms with Crippen LogP contribution in [-0.4, -0.2) is 16.3 Å². The first-order valence-corrected chi connectivity index (χ1v) is 11.2. The molecule has 0 amide bonds. The van der Waals surface area contributed by atoms with Crippen LogP contribution in [0.3, 0.4) is 0 Å². The number of hydrogen-bond donors (Lipinski definition) is 2. The molecule has 26 heavy (non-hydrogen) atoms. The summed E-state index contributed by atoms with van der Waals surface area (Å²) in [4.78, 5) is 0. The van der Waals surface area contributed by atoms with Gasteiger partial charge < -0.3 is 10.2 Å². The average Bonchev–Trinajstić information content (AvgIpc) is 2.64. The van der Waals surface area contributed by atoms with Crippen molar-refractivity contribution in [2.24, 2.45) is 0 Å². The van der Waals surface area contributed by atoms with E-state index in [-0.39, 0.29) is 6.10 Å². The number of phenols is 1. The summed E-state index contributed by atoms with van der Waals surface area (Å²) in [6.07, 6.45) is 19.7. The van der Waals surface area contributed by atoms with E-state index >= 15 is 0 Å². The van der Waals surface area contributed by atoms with E-state index in [4.69, 9.17) is 0 Å². The van der Waals surface area contributed by atoms with Crippen LogP contribution in [0.4, 0.5) is 0 Å². The lowest BCUT2D eigenvalue weighted by molar-refractivity contribution is 0.148. The number of phenolic OH excluding ortho intramolecular Hbond substituents is 1. The minimum Gasteiger partial charge on any atom is -0.508 e. The van der Waals surface area contributed by atoms with Crippen molar-refractivity contribution in [1.82, 2.24) is 0 Å². The number of aryl methyl sites for hydroxylation is 1. The number of rotatable bonds is 17. The number of aliphatic hydroxyl groups excluding tert-OH is 1. The van der Waals surface area contributed by atoms with Crippen molar-refractivity contribution in [2.45, 2.75) is 116 Å². The topological polar surface area (TPSA) is 40.5 Å². The molecule has 2 heteroatoms. The highest BCUT2D eigenvalue weighted by Crippen LogP contribution is 2.19. The summed E-state index contributed by atoms with van der Waals surface area (Å²) < 4.78 is 0. The molecule has 2 N–H and O–H groups in total. The van der Waals surface area contributed by atoms with Crippen LogP contribution in [0.1, 0.15) is 109 Å². The van der Waals surface area contributed by atoms with Gasteiger partial charge in [-0.15, -0.1) is 0 Å². The number of benzene rings is 1. The van der Waals surface area contributed by atoms with Crippen molar-refractivity contribution in [2.75, 3.05) is 0 Å². The Balaban J connectivity index is 1.85. The van der Waals surface area contributed by atoms with E-state index in [0.717, 1.165) is 37.7 Å². The van der Waals surface area contributed by atoms with E-state index in [0.29, 0.717) is 5.75 Å². The summed E-state index contributed by atoms with van der Waals surface area (Å²) in [5.41, 5.74) is 0.991. The van der Waals surface area contributed by atoms with Gasteiger partial charge in [0.25, 0.3) is 0 Å². The summed E-state index contributed by atoms with van der Waals surface area (Å²) in [6.45, 7) is 2.27. The molecule has 0 aromatic heterocycles. The van der Waals surface area contributed by atoms with Crippen LogP contribution in [0, 0.1) is 0 Å². The lowest BCUT2D eigenvalue weighted by atomic mass is 10.0. The molecule has 1 rings (SSSR count). The lowest BCUT2D eigenvalue weighted by Gasteiger charge is -2.11. The number of hydrogen-bond acceptors (Lipinski definition) is 2. The molecule has 0 saturated heterocycles. The first-order chi connectivity index (χ1) is 12.7. The van der Waals surface area contributed by atoms with Crippen molar-refractivity contribution in [1.29, 1.82) is 0 Å². The van der Waals surface area contributed by atoms with Gasteiger partial charge in [-0.3, -0.25) is 0 Å². The van der Waals surface area contributed by atoms with Gasteiger partial charge in [0.05, 0.1) is 6.10 Å². The molecule has 0 radical (unpaired) electrons. The van der Waals surface area contributed by atoms with Crippen molar-refractivity contribution in [3.63, 3.8) is 0 Å². The van der Waals surface area contributed by atoms with Crippen molar-refractivity contribution in [3.05, 3.63) is 29.8 Å². The van der Waals surface area contributed by atoms with E-state index in [1.54, 1.807) is 6.07 Å². The Morgan fingerprint density at radius 1 is 0.692 bits per heavy atom. The van der Waals surface area contributed by atoms with Crippen molar-refractivity contribution >= 4 is 0 Å². The smallest absolute Gasteiger partial charge is 0.118 e. The molecule has 1 aromatic rings. The summed E-state index contributed by atoms with van der Waals surface area (Å²) >= 11 is 0. The maximum Gasteiger partial charge on any atom is 0.118 e. The molecule has 0 spiro atoms. The van der Waals surface area contributed by atoms with Crippen LogP contribution in [0.5, 0.6) is 5.75 Å². The van der Waals surface area contributed by atoms with Gasteiger partial charge in [-0.25, -0.2) is 0 Å².